The standard InChI is InChI=1S/C14H11F5O4/c1-3-21-12(20)11-7(2)22-10-5-4-8(6-9(10)11)23-14(18,19)13(15,16)17/h4-6H,3H2,1-2H3. The van der Waals surface area contributed by atoms with E-state index in [1.54, 1.807) is 6.92 Å². The topological polar surface area (TPSA) is 48.7 Å². The molecule has 2 aromatic rings. The first-order chi connectivity index (χ1) is 10.6. The molecule has 2 rings (SSSR count). The molecule has 0 bridgehead atoms. The number of rotatable bonds is 4. The summed E-state index contributed by atoms with van der Waals surface area (Å²) in [7, 11) is 0. The number of furan rings is 1. The molecule has 126 valence electrons. The van der Waals surface area contributed by atoms with Crippen LogP contribution in [0.1, 0.15) is 23.0 Å². The van der Waals surface area contributed by atoms with Gasteiger partial charge in [-0.15, -0.1) is 0 Å². The van der Waals surface area contributed by atoms with Crippen LogP contribution < -0.4 is 4.74 Å². The fourth-order valence-corrected chi connectivity index (χ4v) is 1.93. The Morgan fingerprint density at radius 1 is 1.22 bits per heavy atom. The average molecular weight is 338 g/mol. The van der Waals surface area contributed by atoms with E-state index in [4.69, 9.17) is 9.15 Å². The average Bonchev–Trinajstić information content (AvgIpc) is 2.72. The van der Waals surface area contributed by atoms with Crippen LogP contribution in [0, 0.1) is 6.92 Å². The van der Waals surface area contributed by atoms with Gasteiger partial charge in [0.2, 0.25) is 0 Å². The van der Waals surface area contributed by atoms with E-state index in [1.165, 1.54) is 6.92 Å². The second-order valence-electron chi connectivity index (χ2n) is 4.53. The lowest BCUT2D eigenvalue weighted by atomic mass is 10.1. The van der Waals surface area contributed by atoms with Gasteiger partial charge in [0.25, 0.3) is 0 Å². The molecule has 0 saturated heterocycles. The number of benzene rings is 1. The van der Waals surface area contributed by atoms with Crippen LogP contribution in [-0.2, 0) is 4.74 Å². The third-order valence-corrected chi connectivity index (χ3v) is 2.89. The van der Waals surface area contributed by atoms with Crippen molar-refractivity contribution in [2.75, 3.05) is 6.61 Å². The van der Waals surface area contributed by atoms with Gasteiger partial charge in [-0.25, -0.2) is 4.79 Å². The first-order valence-electron chi connectivity index (χ1n) is 6.40. The minimum Gasteiger partial charge on any atom is -0.462 e. The minimum absolute atomic E-state index is 0.0245. The molecule has 0 aliphatic carbocycles. The van der Waals surface area contributed by atoms with E-state index in [0.29, 0.717) is 0 Å². The van der Waals surface area contributed by atoms with Crippen LogP contribution in [0.4, 0.5) is 22.0 Å². The number of ether oxygens (including phenoxy) is 2. The SMILES string of the molecule is CCOC(=O)c1c(C)oc2ccc(OC(F)(F)C(F)(F)F)cc12. The predicted molar refractivity (Wildman–Crippen MR) is 68.5 cm³/mol. The summed E-state index contributed by atoms with van der Waals surface area (Å²) in [6.07, 6.45) is -11.2. The van der Waals surface area contributed by atoms with E-state index in [2.05, 4.69) is 4.74 Å². The molecule has 0 spiro atoms. The summed E-state index contributed by atoms with van der Waals surface area (Å²) >= 11 is 0. The van der Waals surface area contributed by atoms with Gasteiger partial charge in [0.1, 0.15) is 22.7 Å². The van der Waals surface area contributed by atoms with Crippen molar-refractivity contribution in [3.8, 4) is 5.75 Å². The van der Waals surface area contributed by atoms with E-state index in [1.807, 2.05) is 0 Å². The maximum absolute atomic E-state index is 12.9. The highest BCUT2D eigenvalue weighted by molar-refractivity contribution is 6.04. The van der Waals surface area contributed by atoms with Gasteiger partial charge in [-0.05, 0) is 32.0 Å². The number of alkyl halides is 5. The van der Waals surface area contributed by atoms with Gasteiger partial charge in [-0.2, -0.15) is 22.0 Å². The van der Waals surface area contributed by atoms with Crippen LogP contribution >= 0.6 is 0 Å². The third kappa shape index (κ3) is 3.22. The number of aryl methyl sites for hydroxylation is 1. The summed E-state index contributed by atoms with van der Waals surface area (Å²) in [5.74, 6) is -1.38. The van der Waals surface area contributed by atoms with E-state index in [-0.39, 0.29) is 28.9 Å². The molecule has 0 N–H and O–H groups in total. The van der Waals surface area contributed by atoms with E-state index in [9.17, 15) is 26.7 Å². The largest absolute Gasteiger partial charge is 0.499 e. The molecular formula is C14H11F5O4. The van der Waals surface area contributed by atoms with Crippen molar-refractivity contribution in [1.29, 1.82) is 0 Å². The molecule has 9 heteroatoms. The Hall–Kier alpha value is -2.32. The van der Waals surface area contributed by atoms with Crippen molar-refractivity contribution in [3.63, 3.8) is 0 Å². The first-order valence-corrected chi connectivity index (χ1v) is 6.40. The quantitative estimate of drug-likeness (QED) is 0.610. The Bertz CT molecular complexity index is 733. The number of hydrogen-bond acceptors (Lipinski definition) is 4. The normalized spacial score (nSPS) is 12.5. The molecule has 0 aliphatic heterocycles. The Morgan fingerprint density at radius 3 is 2.43 bits per heavy atom. The molecular weight excluding hydrogens is 327 g/mol. The zero-order chi connectivity index (χ0) is 17.4. The molecule has 0 fully saturated rings. The first kappa shape index (κ1) is 17.0. The zero-order valence-electron chi connectivity index (χ0n) is 12.0. The van der Waals surface area contributed by atoms with Crippen molar-refractivity contribution >= 4 is 16.9 Å². The van der Waals surface area contributed by atoms with Gasteiger partial charge < -0.3 is 13.9 Å². The number of fused-ring (bicyclic) bond motifs is 1. The fourth-order valence-electron chi connectivity index (χ4n) is 1.93. The Kier molecular flexibility index (Phi) is 4.23. The van der Waals surface area contributed by atoms with Crippen molar-refractivity contribution in [2.45, 2.75) is 26.1 Å². The lowest BCUT2D eigenvalue weighted by Gasteiger charge is -2.20. The Labute approximate surface area is 126 Å². The monoisotopic (exact) mass is 338 g/mol. The highest BCUT2D eigenvalue weighted by atomic mass is 19.4. The van der Waals surface area contributed by atoms with E-state index >= 15 is 0 Å². The molecule has 0 amide bonds. The molecule has 0 unspecified atom stereocenters. The Morgan fingerprint density at radius 2 is 1.87 bits per heavy atom. The van der Waals surface area contributed by atoms with Crippen LogP contribution in [0.3, 0.4) is 0 Å². The van der Waals surface area contributed by atoms with Gasteiger partial charge in [0.05, 0.1) is 6.61 Å². The van der Waals surface area contributed by atoms with Crippen LogP contribution in [-0.4, -0.2) is 24.9 Å². The Balaban J connectivity index is 2.46. The number of hydrogen-bond donors (Lipinski definition) is 0. The summed E-state index contributed by atoms with van der Waals surface area (Å²) in [6.45, 7) is 3.07. The molecule has 1 aromatic carbocycles. The number of carbonyl (C=O) groups excluding carboxylic acids is 1. The minimum atomic E-state index is -5.86. The smallest absolute Gasteiger partial charge is 0.462 e. The van der Waals surface area contributed by atoms with Crippen LogP contribution in [0.25, 0.3) is 11.0 Å². The molecule has 1 aromatic heterocycles. The highest BCUT2D eigenvalue weighted by Crippen LogP contribution is 2.38. The van der Waals surface area contributed by atoms with Gasteiger partial charge in [0, 0.05) is 5.39 Å². The molecule has 1 heterocycles. The van der Waals surface area contributed by atoms with Crippen LogP contribution in [0.2, 0.25) is 0 Å². The van der Waals surface area contributed by atoms with Crippen LogP contribution in [0.5, 0.6) is 5.75 Å². The van der Waals surface area contributed by atoms with E-state index < -0.39 is 24.0 Å². The lowest BCUT2D eigenvalue weighted by molar-refractivity contribution is -0.360. The lowest BCUT2D eigenvalue weighted by Crippen LogP contribution is -2.41. The summed E-state index contributed by atoms with van der Waals surface area (Å²) in [5.41, 5.74) is 0.0795. The third-order valence-electron chi connectivity index (χ3n) is 2.89. The van der Waals surface area contributed by atoms with Gasteiger partial charge >= 0.3 is 18.3 Å². The molecule has 23 heavy (non-hydrogen) atoms. The second kappa shape index (κ2) is 5.71. The van der Waals surface area contributed by atoms with Crippen molar-refractivity contribution in [1.82, 2.24) is 0 Å². The maximum Gasteiger partial charge on any atom is 0.499 e. The highest BCUT2D eigenvalue weighted by Gasteiger charge is 2.61. The number of esters is 1. The molecule has 0 radical (unpaired) electrons. The molecule has 4 nitrogen and oxygen atoms in total. The summed E-state index contributed by atoms with van der Waals surface area (Å²) in [4.78, 5) is 11.8. The number of carbonyl (C=O) groups is 1. The fraction of sp³-hybridized carbons (Fsp3) is 0.357. The summed E-state index contributed by atoms with van der Waals surface area (Å²) in [6, 6.07) is 2.89. The molecule has 0 atom stereocenters. The summed E-state index contributed by atoms with van der Waals surface area (Å²) in [5, 5.41) is 0.0245. The van der Waals surface area contributed by atoms with Crippen LogP contribution in [0.15, 0.2) is 22.6 Å². The maximum atomic E-state index is 12.9. The predicted octanol–water partition coefficient (Wildman–Crippen LogP) is 4.45. The second-order valence-corrected chi connectivity index (χ2v) is 4.53. The van der Waals surface area contributed by atoms with Gasteiger partial charge in [0.15, 0.2) is 0 Å². The van der Waals surface area contributed by atoms with E-state index in [0.717, 1.165) is 18.2 Å². The molecule has 0 aliphatic rings. The van der Waals surface area contributed by atoms with Crippen molar-refractivity contribution < 1.29 is 40.6 Å². The van der Waals surface area contributed by atoms with Gasteiger partial charge in [-0.1, -0.05) is 0 Å². The summed E-state index contributed by atoms with van der Waals surface area (Å²) < 4.78 is 76.2. The zero-order valence-corrected chi connectivity index (χ0v) is 12.0. The van der Waals surface area contributed by atoms with Crippen molar-refractivity contribution in [2.24, 2.45) is 0 Å². The molecule has 0 saturated carbocycles. The number of halogens is 5. The van der Waals surface area contributed by atoms with Crippen molar-refractivity contribution in [3.05, 3.63) is 29.5 Å². The van der Waals surface area contributed by atoms with Gasteiger partial charge in [-0.3, -0.25) is 0 Å².